The van der Waals surface area contributed by atoms with Gasteiger partial charge in [0.1, 0.15) is 48.8 Å². The molecule has 4 radical (unpaired) electrons. The van der Waals surface area contributed by atoms with Crippen LogP contribution in [0.25, 0.3) is 0 Å². The van der Waals surface area contributed by atoms with Crippen molar-refractivity contribution >= 4 is 27.3 Å². The Hall–Kier alpha value is 0.482. The molecule has 11 nitrogen and oxygen atoms in total. The summed E-state index contributed by atoms with van der Waals surface area (Å²) in [6, 6.07) is 0. The third-order valence-corrected chi connectivity index (χ3v) is 3.98. The van der Waals surface area contributed by atoms with E-state index in [1.165, 1.54) is 0 Å². The minimum Gasteiger partial charge on any atom is -0.394 e. The summed E-state index contributed by atoms with van der Waals surface area (Å²) in [4.78, 5) is 0. The van der Waals surface area contributed by atoms with Crippen LogP contribution in [0.15, 0.2) is 0 Å². The van der Waals surface area contributed by atoms with Crippen LogP contribution in [-0.4, -0.2) is 143 Å². The summed E-state index contributed by atoms with van der Waals surface area (Å²) < 4.78 is 15.3. The Kier molecular flexibility index (Phi) is 8.85. The van der Waals surface area contributed by atoms with Crippen molar-refractivity contribution in [1.82, 2.24) is 0 Å². The minimum atomic E-state index is -1.74. The molecule has 2 aliphatic heterocycles. The molecule has 0 bridgehead atoms. The topological polar surface area (TPSA) is 190 Å². The van der Waals surface area contributed by atoms with Crippen LogP contribution in [0.1, 0.15) is 0 Å². The van der Waals surface area contributed by atoms with E-state index in [2.05, 4.69) is 0 Å². The summed E-state index contributed by atoms with van der Waals surface area (Å²) in [5.74, 6) is 0. The number of hydrogen-bond acceptors (Lipinski definition) is 11. The van der Waals surface area contributed by atoms with Gasteiger partial charge in [0.05, 0.1) is 13.2 Å². The van der Waals surface area contributed by atoms with E-state index >= 15 is 0 Å². The van der Waals surface area contributed by atoms with Crippen molar-refractivity contribution in [2.75, 3.05) is 13.2 Å². The zero-order valence-electron chi connectivity index (χ0n) is 12.5. The van der Waals surface area contributed by atoms with E-state index in [0.29, 0.717) is 0 Å². The predicted octanol–water partition coefficient (Wildman–Crippen LogP) is -5.78. The maximum atomic E-state index is 9.94. The van der Waals surface area contributed by atoms with Gasteiger partial charge in [-0.1, -0.05) is 0 Å². The summed E-state index contributed by atoms with van der Waals surface area (Å²) >= 11 is 0. The van der Waals surface area contributed by atoms with Gasteiger partial charge in [-0.25, -0.2) is 0 Å². The third kappa shape index (κ3) is 4.41. The van der Waals surface area contributed by atoms with Gasteiger partial charge < -0.3 is 55.1 Å². The molecule has 2 fully saturated rings. The molecule has 2 aliphatic rings. The fourth-order valence-corrected chi connectivity index (χ4v) is 2.57. The second-order valence-corrected chi connectivity index (χ2v) is 5.53. The van der Waals surface area contributed by atoms with E-state index in [-0.39, 0.29) is 27.3 Å². The normalized spacial score (nSPS) is 49.5. The molecule has 0 spiro atoms. The smallest absolute Gasteiger partial charge is 0.187 e. The molecule has 0 aromatic rings. The molecule has 2 saturated heterocycles. The van der Waals surface area contributed by atoms with Crippen molar-refractivity contribution in [3.63, 3.8) is 0 Å². The van der Waals surface area contributed by atoms with Gasteiger partial charge in [-0.15, -0.1) is 0 Å². The van der Waals surface area contributed by atoms with Crippen LogP contribution in [0.3, 0.4) is 0 Å². The molecule has 2 heterocycles. The fraction of sp³-hybridized carbons (Fsp3) is 1.00. The van der Waals surface area contributed by atoms with Crippen LogP contribution in [0, 0.1) is 0 Å². The second kappa shape index (κ2) is 9.43. The SMILES string of the molecule is OC[C@H]1O[C@@H](O[C@H]2[C@H](O)[C@@H](O)C(O)O[C@@H]2CO)[C@H](O)[C@@H](O)[C@H]1O.[Pb]. The zero-order valence-corrected chi connectivity index (χ0v) is 16.4. The summed E-state index contributed by atoms with van der Waals surface area (Å²) in [5, 5.41) is 76.5. The monoisotopic (exact) mass is 550 g/mol. The average molecular weight is 549 g/mol. The van der Waals surface area contributed by atoms with Gasteiger partial charge in [0, 0.05) is 27.3 Å². The van der Waals surface area contributed by atoms with Crippen LogP contribution in [0.4, 0.5) is 0 Å². The van der Waals surface area contributed by atoms with Crippen LogP contribution in [0.5, 0.6) is 0 Å². The Labute approximate surface area is 157 Å². The van der Waals surface area contributed by atoms with Crippen molar-refractivity contribution < 1.29 is 55.1 Å². The van der Waals surface area contributed by atoms with Gasteiger partial charge in [0.2, 0.25) is 0 Å². The molecule has 1 unspecified atom stereocenters. The molecule has 0 aliphatic carbocycles. The minimum absolute atomic E-state index is 0. The first-order valence-electron chi connectivity index (χ1n) is 7.08. The molecule has 12 heteroatoms. The second-order valence-electron chi connectivity index (χ2n) is 5.53. The van der Waals surface area contributed by atoms with Crippen molar-refractivity contribution in [2.45, 2.75) is 61.4 Å². The first-order chi connectivity index (χ1) is 10.8. The number of aliphatic hydroxyl groups is 8. The first kappa shape index (κ1) is 22.5. The molecule has 0 aromatic carbocycles. The number of hydrogen-bond donors (Lipinski definition) is 8. The third-order valence-electron chi connectivity index (χ3n) is 3.98. The molecule has 2 rings (SSSR count). The van der Waals surface area contributed by atoms with E-state index < -0.39 is 74.6 Å². The molecule has 24 heavy (non-hydrogen) atoms. The first-order valence-corrected chi connectivity index (χ1v) is 7.08. The van der Waals surface area contributed by atoms with E-state index in [9.17, 15) is 35.7 Å². The quantitative estimate of drug-likeness (QED) is 0.156. The average Bonchev–Trinajstić information content (AvgIpc) is 2.55. The van der Waals surface area contributed by atoms with Crippen LogP contribution >= 0.6 is 0 Å². The molecule has 0 amide bonds. The fourth-order valence-electron chi connectivity index (χ4n) is 2.57. The Morgan fingerprint density at radius 2 is 1.25 bits per heavy atom. The van der Waals surface area contributed by atoms with Gasteiger partial charge in [0.25, 0.3) is 0 Å². The van der Waals surface area contributed by atoms with Gasteiger partial charge in [-0.05, 0) is 0 Å². The number of ether oxygens (including phenoxy) is 3. The van der Waals surface area contributed by atoms with E-state index in [1.807, 2.05) is 0 Å². The van der Waals surface area contributed by atoms with Crippen LogP contribution in [-0.2, 0) is 14.2 Å². The van der Waals surface area contributed by atoms with Crippen molar-refractivity contribution in [3.8, 4) is 0 Å². The molecule has 0 aromatic heterocycles. The van der Waals surface area contributed by atoms with Crippen molar-refractivity contribution in [3.05, 3.63) is 0 Å². The Balaban J connectivity index is 0.00000288. The summed E-state index contributed by atoms with van der Waals surface area (Å²) in [6.07, 6.45) is -15.6. The van der Waals surface area contributed by atoms with E-state index in [4.69, 9.17) is 19.3 Å². The largest absolute Gasteiger partial charge is 0.394 e. The zero-order chi connectivity index (χ0) is 17.3. The molecular weight excluding hydrogens is 527 g/mol. The maximum absolute atomic E-state index is 9.94. The van der Waals surface area contributed by atoms with Crippen molar-refractivity contribution in [1.29, 1.82) is 0 Å². The van der Waals surface area contributed by atoms with E-state index in [1.54, 1.807) is 0 Å². The van der Waals surface area contributed by atoms with Crippen molar-refractivity contribution in [2.24, 2.45) is 0 Å². The molecule has 10 atom stereocenters. The Bertz CT molecular complexity index is 384. The standard InChI is InChI=1S/C12H22O11.Pb/c13-1-3-5(15)6(16)9(19)12(22-3)23-10-4(2-14)21-11(20)8(18)7(10)17;/h3-20H,1-2H2;/t3-,4-,5+,6+,7-,8-,9-,10-,11?,12+;/m1./s1. The molecule has 0 saturated carbocycles. The maximum Gasteiger partial charge on any atom is 0.187 e. The van der Waals surface area contributed by atoms with E-state index in [0.717, 1.165) is 0 Å². The molecule has 8 N–H and O–H groups in total. The summed E-state index contributed by atoms with van der Waals surface area (Å²) in [5.41, 5.74) is 0. The predicted molar refractivity (Wildman–Crippen MR) is 74.4 cm³/mol. The van der Waals surface area contributed by atoms with Gasteiger partial charge in [0.15, 0.2) is 12.6 Å². The summed E-state index contributed by atoms with van der Waals surface area (Å²) in [7, 11) is 0. The number of rotatable bonds is 4. The van der Waals surface area contributed by atoms with Gasteiger partial charge >= 0.3 is 0 Å². The molecule has 140 valence electrons. The Morgan fingerprint density at radius 3 is 1.79 bits per heavy atom. The van der Waals surface area contributed by atoms with Gasteiger partial charge in [-0.2, -0.15) is 0 Å². The summed E-state index contributed by atoms with van der Waals surface area (Å²) in [6.45, 7) is -1.35. The molecular formula is C12H22O11Pb. The Morgan fingerprint density at radius 1 is 0.667 bits per heavy atom. The number of aliphatic hydroxyl groups excluding tert-OH is 8. The van der Waals surface area contributed by atoms with Crippen LogP contribution < -0.4 is 0 Å². The van der Waals surface area contributed by atoms with Crippen LogP contribution in [0.2, 0.25) is 0 Å². The van der Waals surface area contributed by atoms with Gasteiger partial charge in [-0.3, -0.25) is 0 Å².